The minimum atomic E-state index is -3.49. The molecule has 6 heteroatoms. The molecule has 19 heavy (non-hydrogen) atoms. The van der Waals surface area contributed by atoms with Crippen molar-refractivity contribution in [3.05, 3.63) is 29.8 Å². The van der Waals surface area contributed by atoms with Crippen molar-refractivity contribution in [3.63, 3.8) is 0 Å². The summed E-state index contributed by atoms with van der Waals surface area (Å²) in [5.74, 6) is 0. The van der Waals surface area contributed by atoms with Crippen LogP contribution in [0.15, 0.2) is 29.2 Å². The Morgan fingerprint density at radius 2 is 1.74 bits per heavy atom. The maximum Gasteiger partial charge on any atom is 0.243 e. The molecular weight excluding hydrogens is 266 g/mol. The Labute approximate surface area is 113 Å². The van der Waals surface area contributed by atoms with Crippen molar-refractivity contribution in [2.24, 2.45) is 0 Å². The topological polar surface area (TPSA) is 77.8 Å². The molecule has 1 fully saturated rings. The molecule has 2 N–H and O–H groups in total. The Bertz CT molecular complexity index is 516. The average molecular weight is 285 g/mol. The minimum Gasteiger partial charge on any atom is -0.393 e. The molecule has 1 heterocycles. The van der Waals surface area contributed by atoms with E-state index in [1.165, 1.54) is 16.4 Å². The van der Waals surface area contributed by atoms with Crippen molar-refractivity contribution < 1.29 is 18.6 Å². The van der Waals surface area contributed by atoms with Gasteiger partial charge in [0.1, 0.15) is 0 Å². The van der Waals surface area contributed by atoms with E-state index in [1.807, 2.05) is 0 Å². The fourth-order valence-electron chi connectivity index (χ4n) is 2.15. The Balaban J connectivity index is 2.19. The van der Waals surface area contributed by atoms with Gasteiger partial charge in [0.05, 0.1) is 17.1 Å². The molecule has 0 aliphatic carbocycles. The van der Waals surface area contributed by atoms with E-state index in [-0.39, 0.29) is 4.90 Å². The molecule has 1 atom stereocenters. The minimum absolute atomic E-state index is 0.230. The van der Waals surface area contributed by atoms with Gasteiger partial charge in [0, 0.05) is 13.1 Å². The van der Waals surface area contributed by atoms with Crippen LogP contribution in [0.3, 0.4) is 0 Å². The Kier molecular flexibility index (Phi) is 4.25. The number of rotatable bonds is 3. The third-order valence-corrected chi connectivity index (χ3v) is 5.34. The second-order valence-corrected chi connectivity index (χ2v) is 6.82. The maximum atomic E-state index is 12.4. The van der Waals surface area contributed by atoms with E-state index in [0.717, 1.165) is 0 Å². The van der Waals surface area contributed by atoms with E-state index in [4.69, 9.17) is 0 Å². The van der Waals surface area contributed by atoms with Gasteiger partial charge in [-0.15, -0.1) is 0 Å². The van der Waals surface area contributed by atoms with Crippen molar-refractivity contribution in [2.45, 2.75) is 36.9 Å². The second-order valence-electron chi connectivity index (χ2n) is 4.88. The summed E-state index contributed by atoms with van der Waals surface area (Å²) in [5.41, 5.74) is 0.688. The zero-order chi connectivity index (χ0) is 14.0. The molecule has 1 aromatic rings. The summed E-state index contributed by atoms with van der Waals surface area (Å²) in [6.45, 7) is 2.33. The summed E-state index contributed by atoms with van der Waals surface area (Å²) in [6, 6.07) is 6.28. The number of benzene rings is 1. The lowest BCUT2D eigenvalue weighted by molar-refractivity contribution is 0.113. The zero-order valence-corrected chi connectivity index (χ0v) is 11.7. The molecule has 0 saturated carbocycles. The molecule has 0 bridgehead atoms. The van der Waals surface area contributed by atoms with Gasteiger partial charge in [-0.1, -0.05) is 12.1 Å². The highest BCUT2D eigenvalue weighted by Gasteiger charge is 2.28. The lowest BCUT2D eigenvalue weighted by atomic mass is 10.1. The van der Waals surface area contributed by atoms with E-state index >= 15 is 0 Å². The van der Waals surface area contributed by atoms with Gasteiger partial charge in [0.2, 0.25) is 10.0 Å². The van der Waals surface area contributed by atoms with Gasteiger partial charge in [-0.05, 0) is 37.5 Å². The molecule has 2 rings (SSSR count). The van der Waals surface area contributed by atoms with Crippen LogP contribution in [0.2, 0.25) is 0 Å². The zero-order valence-electron chi connectivity index (χ0n) is 10.9. The normalized spacial score (nSPS) is 20.4. The average Bonchev–Trinajstić information content (AvgIpc) is 2.39. The first-order valence-corrected chi connectivity index (χ1v) is 7.81. The summed E-state index contributed by atoms with van der Waals surface area (Å²) < 4.78 is 26.1. The van der Waals surface area contributed by atoms with E-state index in [0.29, 0.717) is 31.5 Å². The lowest BCUT2D eigenvalue weighted by Crippen LogP contribution is -2.39. The highest BCUT2D eigenvalue weighted by Crippen LogP contribution is 2.22. The predicted octanol–water partition coefficient (Wildman–Crippen LogP) is 0.885. The van der Waals surface area contributed by atoms with Crippen LogP contribution in [-0.2, 0) is 10.0 Å². The van der Waals surface area contributed by atoms with Crippen LogP contribution in [-0.4, -0.2) is 42.1 Å². The molecular formula is C13H19NO4S. The highest BCUT2D eigenvalue weighted by molar-refractivity contribution is 7.89. The number of aliphatic hydroxyl groups is 2. The maximum absolute atomic E-state index is 12.4. The van der Waals surface area contributed by atoms with E-state index in [2.05, 4.69) is 0 Å². The number of hydrogen-bond donors (Lipinski definition) is 2. The van der Waals surface area contributed by atoms with E-state index in [1.54, 1.807) is 19.1 Å². The summed E-state index contributed by atoms with van der Waals surface area (Å²) in [6.07, 6.45) is -0.0540. The summed E-state index contributed by atoms with van der Waals surface area (Å²) in [7, 11) is -3.49. The molecule has 1 saturated heterocycles. The largest absolute Gasteiger partial charge is 0.393 e. The van der Waals surface area contributed by atoms with Crippen molar-refractivity contribution in [1.82, 2.24) is 4.31 Å². The van der Waals surface area contributed by atoms with Gasteiger partial charge in [0.25, 0.3) is 0 Å². The number of sulfonamides is 1. The van der Waals surface area contributed by atoms with Gasteiger partial charge < -0.3 is 10.2 Å². The second kappa shape index (κ2) is 5.58. The SMILES string of the molecule is CC(O)c1ccc(S(=O)(=O)N2CCC(O)CC2)cc1. The smallest absolute Gasteiger partial charge is 0.243 e. The monoisotopic (exact) mass is 285 g/mol. The molecule has 1 aliphatic rings. The fourth-order valence-corrected chi connectivity index (χ4v) is 3.62. The fraction of sp³-hybridized carbons (Fsp3) is 0.538. The number of aliphatic hydroxyl groups excluding tert-OH is 2. The standard InChI is InChI=1S/C13H19NO4S/c1-10(15)11-2-4-13(5-3-11)19(17,18)14-8-6-12(16)7-9-14/h2-5,10,12,15-16H,6-9H2,1H3. The molecule has 0 spiro atoms. The summed E-state index contributed by atoms with van der Waals surface area (Å²) in [4.78, 5) is 0.230. The van der Waals surface area contributed by atoms with Gasteiger partial charge in [-0.2, -0.15) is 4.31 Å². The van der Waals surface area contributed by atoms with Crippen molar-refractivity contribution in [1.29, 1.82) is 0 Å². The Hall–Kier alpha value is -0.950. The van der Waals surface area contributed by atoms with Gasteiger partial charge in [0.15, 0.2) is 0 Å². The molecule has 106 valence electrons. The van der Waals surface area contributed by atoms with Crippen LogP contribution >= 0.6 is 0 Å². The molecule has 0 amide bonds. The Morgan fingerprint density at radius 1 is 1.21 bits per heavy atom. The van der Waals surface area contributed by atoms with Crippen LogP contribution < -0.4 is 0 Å². The van der Waals surface area contributed by atoms with E-state index in [9.17, 15) is 18.6 Å². The Morgan fingerprint density at radius 3 is 2.21 bits per heavy atom. The first-order valence-electron chi connectivity index (χ1n) is 6.37. The van der Waals surface area contributed by atoms with Crippen LogP contribution in [0.1, 0.15) is 31.4 Å². The highest BCUT2D eigenvalue weighted by atomic mass is 32.2. The number of piperidine rings is 1. The van der Waals surface area contributed by atoms with Crippen LogP contribution in [0.25, 0.3) is 0 Å². The van der Waals surface area contributed by atoms with Crippen molar-refractivity contribution >= 4 is 10.0 Å². The molecule has 0 radical (unpaired) electrons. The summed E-state index contributed by atoms with van der Waals surface area (Å²) >= 11 is 0. The lowest BCUT2D eigenvalue weighted by Gasteiger charge is -2.28. The van der Waals surface area contributed by atoms with Crippen molar-refractivity contribution in [2.75, 3.05) is 13.1 Å². The predicted molar refractivity (Wildman–Crippen MR) is 71.1 cm³/mol. The third kappa shape index (κ3) is 3.14. The van der Waals surface area contributed by atoms with Gasteiger partial charge >= 0.3 is 0 Å². The van der Waals surface area contributed by atoms with Crippen molar-refractivity contribution in [3.8, 4) is 0 Å². The molecule has 0 aromatic heterocycles. The third-order valence-electron chi connectivity index (χ3n) is 3.42. The van der Waals surface area contributed by atoms with Crippen LogP contribution in [0.4, 0.5) is 0 Å². The van der Waals surface area contributed by atoms with Gasteiger partial charge in [-0.3, -0.25) is 0 Å². The molecule has 1 aromatic carbocycles. The molecule has 5 nitrogen and oxygen atoms in total. The molecule has 1 unspecified atom stereocenters. The quantitative estimate of drug-likeness (QED) is 0.864. The summed E-state index contributed by atoms with van der Waals surface area (Å²) in [5, 5.41) is 18.8. The van der Waals surface area contributed by atoms with Crippen LogP contribution in [0.5, 0.6) is 0 Å². The van der Waals surface area contributed by atoms with Gasteiger partial charge in [-0.25, -0.2) is 8.42 Å². The molecule has 1 aliphatic heterocycles. The van der Waals surface area contributed by atoms with E-state index < -0.39 is 22.2 Å². The first-order chi connectivity index (χ1) is 8.91. The van der Waals surface area contributed by atoms with Crippen LogP contribution in [0, 0.1) is 0 Å². The number of hydrogen-bond acceptors (Lipinski definition) is 4. The first kappa shape index (κ1) is 14.5. The number of nitrogens with zero attached hydrogens (tertiary/aromatic N) is 1.